The Morgan fingerprint density at radius 2 is 1.61 bits per heavy atom. The van der Waals surface area contributed by atoms with Gasteiger partial charge >= 0.3 is 6.18 Å². The number of carbonyl (C=O) groups is 1. The van der Waals surface area contributed by atoms with E-state index in [0.717, 1.165) is 17.0 Å². The van der Waals surface area contributed by atoms with Gasteiger partial charge in [0.1, 0.15) is 5.82 Å². The van der Waals surface area contributed by atoms with Gasteiger partial charge in [-0.3, -0.25) is 9.78 Å². The average molecular weight is 697 g/mol. The SMILES string of the molecule is CC(=O)/C=C(/C)O.Cc1cc(F)c2ccc3c(-c4[c-]c5ccccc5c(C(F)(F)F)c4)nccc3c2c1.[Ir]. The van der Waals surface area contributed by atoms with Crippen LogP contribution in [-0.2, 0) is 31.1 Å². The van der Waals surface area contributed by atoms with Crippen LogP contribution in [-0.4, -0.2) is 15.9 Å². The predicted molar refractivity (Wildman–Crippen MR) is 138 cm³/mol. The molecule has 8 heteroatoms. The Morgan fingerprint density at radius 3 is 2.24 bits per heavy atom. The minimum atomic E-state index is -4.51. The van der Waals surface area contributed by atoms with Crippen molar-refractivity contribution < 1.29 is 47.6 Å². The van der Waals surface area contributed by atoms with Crippen LogP contribution in [0.5, 0.6) is 0 Å². The first-order valence-corrected chi connectivity index (χ1v) is 11.3. The minimum absolute atomic E-state index is 0. The number of nitrogens with zero attached hydrogens (tertiary/aromatic N) is 1. The van der Waals surface area contributed by atoms with Crippen molar-refractivity contribution in [2.24, 2.45) is 0 Å². The first kappa shape index (κ1) is 29.0. The van der Waals surface area contributed by atoms with Crippen LogP contribution in [0, 0.1) is 18.8 Å². The molecule has 3 nitrogen and oxygen atoms in total. The third-order valence-electron chi connectivity index (χ3n) is 5.72. The molecule has 1 aromatic heterocycles. The number of aryl methyl sites for hydroxylation is 1. The summed E-state index contributed by atoms with van der Waals surface area (Å²) in [5.74, 6) is -0.394. The molecule has 0 fully saturated rings. The largest absolute Gasteiger partial charge is 0.512 e. The van der Waals surface area contributed by atoms with E-state index < -0.39 is 11.7 Å². The van der Waals surface area contributed by atoms with Crippen LogP contribution >= 0.6 is 0 Å². The molecule has 5 aromatic rings. The summed E-state index contributed by atoms with van der Waals surface area (Å²) < 4.78 is 55.7. The van der Waals surface area contributed by atoms with E-state index in [2.05, 4.69) is 11.1 Å². The van der Waals surface area contributed by atoms with Gasteiger partial charge in [0.15, 0.2) is 5.78 Å². The standard InChI is InChI=1S/C25H14F4N.C5H8O2.Ir/c1-14-10-21-18-8-9-30-24(20(18)7-6-19(21)23(26)11-14)16-12-15-4-2-3-5-17(15)22(13-16)25(27,28)29;1-4(6)3-5(2)7;/h2-11,13H,1H3;3,6H,1-2H3;/q-1;;/b;4-3-;. The molecule has 0 spiro atoms. The number of pyridine rings is 1. The molecule has 1 radical (unpaired) electrons. The number of alkyl halides is 3. The van der Waals surface area contributed by atoms with Gasteiger partial charge in [0.25, 0.3) is 0 Å². The van der Waals surface area contributed by atoms with Gasteiger partial charge in [-0.15, -0.1) is 23.6 Å². The van der Waals surface area contributed by atoms with Crippen molar-refractivity contribution in [1.82, 2.24) is 4.98 Å². The van der Waals surface area contributed by atoms with Gasteiger partial charge in [-0.1, -0.05) is 47.3 Å². The van der Waals surface area contributed by atoms with Crippen LogP contribution in [0.4, 0.5) is 17.6 Å². The number of benzene rings is 4. The minimum Gasteiger partial charge on any atom is -0.512 e. The number of carbonyl (C=O) groups excluding carboxylic acids is 1. The number of hydrogen-bond donors (Lipinski definition) is 1. The molecule has 0 aliphatic carbocycles. The number of rotatable bonds is 2. The third kappa shape index (κ3) is 6.09. The molecule has 197 valence electrons. The maximum absolute atomic E-state index is 14.4. The molecule has 0 aliphatic rings. The topological polar surface area (TPSA) is 50.2 Å². The Morgan fingerprint density at radius 1 is 0.921 bits per heavy atom. The number of halogens is 4. The molecule has 0 amide bonds. The van der Waals surface area contributed by atoms with Crippen molar-refractivity contribution in [3.05, 3.63) is 102 Å². The summed E-state index contributed by atoms with van der Waals surface area (Å²) in [6.45, 7) is 4.65. The molecule has 5 rings (SSSR count). The zero-order valence-corrected chi connectivity index (χ0v) is 23.0. The van der Waals surface area contributed by atoms with Crippen LogP contribution in [0.2, 0.25) is 0 Å². The normalized spacial score (nSPS) is 11.7. The fourth-order valence-electron chi connectivity index (χ4n) is 4.29. The Kier molecular flexibility index (Phi) is 8.70. The van der Waals surface area contributed by atoms with E-state index in [-0.39, 0.29) is 48.4 Å². The number of aliphatic hydroxyl groups is 1. The van der Waals surface area contributed by atoms with Crippen LogP contribution in [0.3, 0.4) is 0 Å². The Bertz CT molecular complexity index is 1690. The van der Waals surface area contributed by atoms with Gasteiger partial charge in [0, 0.05) is 43.5 Å². The van der Waals surface area contributed by atoms with Crippen LogP contribution in [0.25, 0.3) is 43.6 Å². The van der Waals surface area contributed by atoms with E-state index in [4.69, 9.17) is 5.11 Å². The second-order valence-corrected chi connectivity index (χ2v) is 8.70. The molecule has 38 heavy (non-hydrogen) atoms. The van der Waals surface area contributed by atoms with E-state index in [0.29, 0.717) is 27.2 Å². The van der Waals surface area contributed by atoms with Gasteiger partial charge in [-0.2, -0.15) is 13.2 Å². The number of hydrogen-bond acceptors (Lipinski definition) is 3. The second kappa shape index (κ2) is 11.4. The summed E-state index contributed by atoms with van der Waals surface area (Å²) in [6, 6.07) is 18.9. The van der Waals surface area contributed by atoms with Crippen LogP contribution in [0.1, 0.15) is 25.0 Å². The summed E-state index contributed by atoms with van der Waals surface area (Å²) in [5.41, 5.74) is 0.669. The molecule has 0 aliphatic heterocycles. The zero-order valence-electron chi connectivity index (χ0n) is 20.6. The Hall–Kier alpha value is -3.61. The van der Waals surface area contributed by atoms with Gasteiger partial charge in [-0.25, -0.2) is 4.39 Å². The smallest absolute Gasteiger partial charge is 0.403 e. The van der Waals surface area contributed by atoms with Gasteiger partial charge in [-0.05, 0) is 60.2 Å². The monoisotopic (exact) mass is 697 g/mol. The summed E-state index contributed by atoms with van der Waals surface area (Å²) in [6.07, 6.45) is -1.81. The summed E-state index contributed by atoms with van der Waals surface area (Å²) in [5, 5.41) is 11.4. The number of fused-ring (bicyclic) bond motifs is 4. The van der Waals surface area contributed by atoms with Crippen molar-refractivity contribution in [3.63, 3.8) is 0 Å². The molecule has 0 atom stereocenters. The van der Waals surface area contributed by atoms with Crippen molar-refractivity contribution in [2.45, 2.75) is 26.9 Å². The molecule has 0 saturated heterocycles. The van der Waals surface area contributed by atoms with Crippen molar-refractivity contribution >= 4 is 38.1 Å². The maximum atomic E-state index is 14.4. The van der Waals surface area contributed by atoms with Gasteiger partial charge in [0.2, 0.25) is 0 Å². The van der Waals surface area contributed by atoms with E-state index in [9.17, 15) is 22.4 Å². The van der Waals surface area contributed by atoms with E-state index in [1.165, 1.54) is 38.3 Å². The van der Waals surface area contributed by atoms with Crippen molar-refractivity contribution in [1.29, 1.82) is 0 Å². The molecular weight excluding hydrogens is 675 g/mol. The first-order valence-electron chi connectivity index (χ1n) is 11.3. The predicted octanol–water partition coefficient (Wildman–Crippen LogP) is 8.51. The molecule has 1 N–H and O–H groups in total. The maximum Gasteiger partial charge on any atom is 0.403 e. The first-order chi connectivity index (χ1) is 17.5. The van der Waals surface area contributed by atoms with E-state index >= 15 is 0 Å². The number of aliphatic hydroxyl groups excluding tert-OH is 1. The molecule has 4 aromatic carbocycles. The van der Waals surface area contributed by atoms with Gasteiger partial charge in [0.05, 0.1) is 5.76 Å². The summed E-state index contributed by atoms with van der Waals surface area (Å²) in [7, 11) is 0. The van der Waals surface area contributed by atoms with E-state index in [1.54, 1.807) is 43.3 Å². The van der Waals surface area contributed by atoms with Crippen molar-refractivity contribution in [3.8, 4) is 11.3 Å². The Balaban J connectivity index is 0.000000444. The number of allylic oxidation sites excluding steroid dienone is 2. The van der Waals surface area contributed by atoms with Crippen molar-refractivity contribution in [2.75, 3.05) is 0 Å². The average Bonchev–Trinajstić information content (AvgIpc) is 2.81. The Labute approximate surface area is 230 Å². The zero-order chi connectivity index (χ0) is 26.9. The number of aromatic nitrogens is 1. The van der Waals surface area contributed by atoms with Gasteiger partial charge < -0.3 is 5.11 Å². The second-order valence-electron chi connectivity index (χ2n) is 8.70. The number of ketones is 1. The van der Waals surface area contributed by atoms with E-state index in [1.807, 2.05) is 6.07 Å². The molecule has 0 bridgehead atoms. The molecule has 0 saturated carbocycles. The third-order valence-corrected chi connectivity index (χ3v) is 5.72. The summed E-state index contributed by atoms with van der Waals surface area (Å²) >= 11 is 0. The molecule has 0 unspecified atom stereocenters. The molecular formula is C30H22F4IrNO2-. The fourth-order valence-corrected chi connectivity index (χ4v) is 4.29. The summed E-state index contributed by atoms with van der Waals surface area (Å²) in [4.78, 5) is 14.4. The van der Waals surface area contributed by atoms with Crippen LogP contribution in [0.15, 0.2) is 78.7 Å². The van der Waals surface area contributed by atoms with Crippen LogP contribution < -0.4 is 0 Å². The fraction of sp³-hybridized carbons (Fsp3) is 0.133. The molecule has 1 heterocycles. The quantitative estimate of drug-likeness (QED) is 0.0663.